The van der Waals surface area contributed by atoms with E-state index in [0.29, 0.717) is 19.3 Å². The van der Waals surface area contributed by atoms with E-state index in [-0.39, 0.29) is 31.1 Å². The summed E-state index contributed by atoms with van der Waals surface area (Å²) >= 11 is 0. The van der Waals surface area contributed by atoms with Crippen molar-refractivity contribution in [2.45, 2.75) is 335 Å². The highest BCUT2D eigenvalue weighted by Gasteiger charge is 2.19. The van der Waals surface area contributed by atoms with Crippen molar-refractivity contribution in [1.82, 2.24) is 0 Å². The minimum atomic E-state index is -0.774. The Morgan fingerprint density at radius 2 is 0.537 bits per heavy atom. The van der Waals surface area contributed by atoms with Gasteiger partial charge in [-0.1, -0.05) is 283 Å². The fourth-order valence-electron chi connectivity index (χ4n) is 8.95. The summed E-state index contributed by atoms with van der Waals surface area (Å²) in [6.45, 7) is 6.66. The summed E-state index contributed by atoms with van der Waals surface area (Å²) < 4.78 is 16.9. The summed E-state index contributed by atoms with van der Waals surface area (Å²) in [5.41, 5.74) is 0. The van der Waals surface area contributed by atoms with Crippen LogP contribution in [0, 0.1) is 0 Å². The van der Waals surface area contributed by atoms with E-state index in [0.717, 1.165) is 77.0 Å². The van der Waals surface area contributed by atoms with Gasteiger partial charge in [-0.2, -0.15) is 0 Å². The molecular formula is C61H114O6. The predicted octanol–water partition coefficient (Wildman–Crippen LogP) is 19.9. The maximum absolute atomic E-state index is 12.8. The van der Waals surface area contributed by atoms with E-state index in [1.165, 1.54) is 212 Å². The minimum Gasteiger partial charge on any atom is -0.462 e. The summed E-state index contributed by atoms with van der Waals surface area (Å²) in [4.78, 5) is 38.2. The lowest BCUT2D eigenvalue weighted by molar-refractivity contribution is -0.167. The van der Waals surface area contributed by atoms with Crippen molar-refractivity contribution in [1.29, 1.82) is 0 Å². The van der Waals surface area contributed by atoms with Crippen LogP contribution in [0.15, 0.2) is 24.3 Å². The lowest BCUT2D eigenvalue weighted by Gasteiger charge is -2.18. The van der Waals surface area contributed by atoms with Crippen LogP contribution in [0.3, 0.4) is 0 Å². The molecule has 0 N–H and O–H groups in total. The zero-order valence-corrected chi connectivity index (χ0v) is 45.2. The minimum absolute atomic E-state index is 0.0713. The van der Waals surface area contributed by atoms with Gasteiger partial charge in [-0.3, -0.25) is 14.4 Å². The number of esters is 3. The zero-order chi connectivity index (χ0) is 48.6. The van der Waals surface area contributed by atoms with Crippen molar-refractivity contribution in [3.05, 3.63) is 24.3 Å². The van der Waals surface area contributed by atoms with Crippen LogP contribution in [0.4, 0.5) is 0 Å². The topological polar surface area (TPSA) is 78.9 Å². The molecular weight excluding hydrogens is 829 g/mol. The fraction of sp³-hybridized carbons (Fsp3) is 0.885. The third kappa shape index (κ3) is 54.7. The number of hydrogen-bond donors (Lipinski definition) is 0. The number of unbranched alkanes of at least 4 members (excludes halogenated alkanes) is 40. The van der Waals surface area contributed by atoms with Gasteiger partial charge in [0.1, 0.15) is 13.2 Å². The van der Waals surface area contributed by atoms with Crippen LogP contribution in [-0.2, 0) is 28.6 Å². The molecule has 1 atom stereocenters. The van der Waals surface area contributed by atoms with Gasteiger partial charge in [0.05, 0.1) is 0 Å². The molecule has 0 saturated heterocycles. The van der Waals surface area contributed by atoms with Gasteiger partial charge in [-0.15, -0.1) is 0 Å². The molecule has 67 heavy (non-hydrogen) atoms. The molecule has 0 saturated carbocycles. The molecule has 0 fully saturated rings. The number of ether oxygens (including phenoxy) is 3. The van der Waals surface area contributed by atoms with E-state index < -0.39 is 6.10 Å². The van der Waals surface area contributed by atoms with E-state index in [2.05, 4.69) is 45.1 Å². The largest absolute Gasteiger partial charge is 0.462 e. The van der Waals surface area contributed by atoms with Crippen LogP contribution in [0.1, 0.15) is 329 Å². The Bertz CT molecular complexity index is 1080. The molecule has 0 rings (SSSR count). The van der Waals surface area contributed by atoms with Crippen LogP contribution in [0.5, 0.6) is 0 Å². The highest BCUT2D eigenvalue weighted by molar-refractivity contribution is 5.71. The molecule has 0 aliphatic carbocycles. The highest BCUT2D eigenvalue weighted by atomic mass is 16.6. The van der Waals surface area contributed by atoms with Crippen LogP contribution in [0.2, 0.25) is 0 Å². The van der Waals surface area contributed by atoms with Gasteiger partial charge in [-0.25, -0.2) is 0 Å². The molecule has 0 aromatic rings. The average molecular weight is 944 g/mol. The molecule has 0 bridgehead atoms. The molecule has 0 unspecified atom stereocenters. The highest BCUT2D eigenvalue weighted by Crippen LogP contribution is 2.17. The van der Waals surface area contributed by atoms with Gasteiger partial charge in [0, 0.05) is 19.3 Å². The van der Waals surface area contributed by atoms with E-state index in [4.69, 9.17) is 14.2 Å². The van der Waals surface area contributed by atoms with Crippen LogP contribution >= 0.6 is 0 Å². The lowest BCUT2D eigenvalue weighted by Crippen LogP contribution is -2.30. The first-order valence-corrected chi connectivity index (χ1v) is 29.8. The Balaban J connectivity index is 4.31. The smallest absolute Gasteiger partial charge is 0.306 e. The van der Waals surface area contributed by atoms with Crippen molar-refractivity contribution in [3.63, 3.8) is 0 Å². The number of allylic oxidation sites excluding steroid dienone is 4. The maximum Gasteiger partial charge on any atom is 0.306 e. The van der Waals surface area contributed by atoms with Gasteiger partial charge in [0.25, 0.3) is 0 Å². The van der Waals surface area contributed by atoms with E-state index >= 15 is 0 Å². The molecule has 0 aromatic heterocycles. The first-order chi connectivity index (χ1) is 33.0. The Hall–Kier alpha value is -2.11. The summed E-state index contributed by atoms with van der Waals surface area (Å²) in [5, 5.41) is 0. The predicted molar refractivity (Wildman–Crippen MR) is 289 cm³/mol. The van der Waals surface area contributed by atoms with E-state index in [9.17, 15) is 14.4 Å². The molecule has 0 spiro atoms. The van der Waals surface area contributed by atoms with Crippen molar-refractivity contribution in [2.24, 2.45) is 0 Å². The molecule has 394 valence electrons. The fourth-order valence-corrected chi connectivity index (χ4v) is 8.95. The van der Waals surface area contributed by atoms with Gasteiger partial charge in [0.2, 0.25) is 0 Å². The molecule has 6 nitrogen and oxygen atoms in total. The Labute approximate surface area is 417 Å². The van der Waals surface area contributed by atoms with E-state index in [1.807, 2.05) is 0 Å². The summed E-state index contributed by atoms with van der Waals surface area (Å²) in [6.07, 6.45) is 66.0. The maximum atomic E-state index is 12.8. The quantitative estimate of drug-likeness (QED) is 0.0262. The van der Waals surface area contributed by atoms with Crippen molar-refractivity contribution < 1.29 is 28.6 Å². The van der Waals surface area contributed by atoms with Gasteiger partial charge in [0.15, 0.2) is 6.10 Å². The third-order valence-electron chi connectivity index (χ3n) is 13.5. The van der Waals surface area contributed by atoms with Gasteiger partial charge in [-0.05, 0) is 51.4 Å². The molecule has 6 heteroatoms. The first kappa shape index (κ1) is 64.9. The van der Waals surface area contributed by atoms with E-state index in [1.54, 1.807) is 0 Å². The zero-order valence-electron chi connectivity index (χ0n) is 45.2. The average Bonchev–Trinajstić information content (AvgIpc) is 3.33. The molecule has 0 heterocycles. The Kier molecular flexibility index (Phi) is 54.7. The summed E-state index contributed by atoms with van der Waals surface area (Å²) in [6, 6.07) is 0. The molecule has 0 radical (unpaired) electrons. The van der Waals surface area contributed by atoms with Crippen molar-refractivity contribution in [2.75, 3.05) is 13.2 Å². The van der Waals surface area contributed by atoms with Crippen molar-refractivity contribution in [3.8, 4) is 0 Å². The summed E-state index contributed by atoms with van der Waals surface area (Å²) in [7, 11) is 0. The molecule has 0 aliphatic heterocycles. The normalized spacial score (nSPS) is 12.1. The standard InChI is InChI=1S/C61H114O6/c1-4-7-10-13-16-19-22-25-28-29-30-31-34-36-39-42-45-48-51-54-60(63)66-57-58(67-61(64)55-52-49-46-43-40-37-33-27-24-21-18-15-12-9-6-3)56-65-59(62)53-50-47-44-41-38-35-32-26-23-20-17-14-11-8-5-2/h18,21,27,33,58H,4-17,19-20,22-26,28-32,34-57H2,1-3H3/b21-18-,33-27-/t58-/m0/s1. The third-order valence-corrected chi connectivity index (χ3v) is 13.5. The monoisotopic (exact) mass is 943 g/mol. The second-order valence-electron chi connectivity index (χ2n) is 20.3. The number of rotatable bonds is 55. The number of hydrogen-bond acceptors (Lipinski definition) is 6. The Morgan fingerprint density at radius 1 is 0.299 bits per heavy atom. The van der Waals surface area contributed by atoms with Crippen LogP contribution in [0.25, 0.3) is 0 Å². The van der Waals surface area contributed by atoms with Crippen LogP contribution < -0.4 is 0 Å². The Morgan fingerprint density at radius 3 is 0.851 bits per heavy atom. The van der Waals surface area contributed by atoms with Gasteiger partial charge >= 0.3 is 17.9 Å². The van der Waals surface area contributed by atoms with Gasteiger partial charge < -0.3 is 14.2 Å². The molecule has 0 amide bonds. The summed E-state index contributed by atoms with van der Waals surface area (Å²) in [5.74, 6) is -0.861. The molecule has 0 aliphatic rings. The number of carbonyl (C=O) groups is 3. The number of carbonyl (C=O) groups excluding carboxylic acids is 3. The second kappa shape index (κ2) is 56.5. The van der Waals surface area contributed by atoms with Crippen molar-refractivity contribution >= 4 is 17.9 Å². The second-order valence-corrected chi connectivity index (χ2v) is 20.3. The molecule has 0 aromatic carbocycles. The lowest BCUT2D eigenvalue weighted by atomic mass is 10.0. The SMILES string of the molecule is CCCCC/C=C\C/C=C\CCCCCCCC(=O)O[C@@H](COC(=O)CCCCCCCCCCCCCCCCC)COC(=O)CCCCCCCCCCCCCCCCCCCCC. The first-order valence-electron chi connectivity index (χ1n) is 29.8. The van der Waals surface area contributed by atoms with Crippen LogP contribution in [-0.4, -0.2) is 37.2 Å².